The maximum atomic E-state index is 4.74. The number of hydrogen-bond acceptors (Lipinski definition) is 4. The third-order valence-electron chi connectivity index (χ3n) is 5.97. The van der Waals surface area contributed by atoms with Crippen LogP contribution in [0.4, 0.5) is 0 Å². The first-order valence-electron chi connectivity index (χ1n) is 11.9. The lowest BCUT2D eigenvalue weighted by atomic mass is 10.0. The van der Waals surface area contributed by atoms with E-state index < -0.39 is 0 Å². The van der Waals surface area contributed by atoms with E-state index in [9.17, 15) is 0 Å². The van der Waals surface area contributed by atoms with E-state index >= 15 is 0 Å². The molecule has 6 nitrogen and oxygen atoms in total. The van der Waals surface area contributed by atoms with Gasteiger partial charge >= 0.3 is 0 Å². The van der Waals surface area contributed by atoms with E-state index in [1.54, 1.807) is 6.08 Å². The van der Waals surface area contributed by atoms with Crippen LogP contribution in [0.3, 0.4) is 0 Å². The van der Waals surface area contributed by atoms with Crippen LogP contribution in [0, 0.1) is 6.92 Å². The van der Waals surface area contributed by atoms with Crippen LogP contribution in [0.2, 0.25) is 0 Å². The maximum Gasteiger partial charge on any atom is 0.159 e. The molecule has 2 aromatic carbocycles. The Morgan fingerprint density at radius 2 is 2.03 bits per heavy atom. The molecule has 4 aromatic rings. The molecule has 0 spiro atoms. The lowest BCUT2D eigenvalue weighted by Crippen LogP contribution is -2.14. The first-order valence-corrected chi connectivity index (χ1v) is 11.9. The van der Waals surface area contributed by atoms with E-state index in [1.807, 2.05) is 43.5 Å². The zero-order valence-corrected chi connectivity index (χ0v) is 20.3. The second-order valence-corrected chi connectivity index (χ2v) is 8.67. The van der Waals surface area contributed by atoms with E-state index in [2.05, 4.69) is 81.1 Å². The molecule has 0 fully saturated rings. The third kappa shape index (κ3) is 5.03. The number of nitrogens with one attached hydrogen (secondary N) is 3. The summed E-state index contributed by atoms with van der Waals surface area (Å²) in [5.41, 5.74) is 8.80. The number of fused-ring (bicyclic) bond motifs is 1. The molecule has 0 bridgehead atoms. The molecule has 0 aliphatic carbocycles. The Bertz CT molecular complexity index is 1540. The van der Waals surface area contributed by atoms with Gasteiger partial charge < -0.3 is 10.3 Å². The molecule has 36 heavy (non-hydrogen) atoms. The van der Waals surface area contributed by atoms with Crippen molar-refractivity contribution in [1.82, 2.24) is 25.5 Å². The van der Waals surface area contributed by atoms with Gasteiger partial charge in [0.05, 0.1) is 23.5 Å². The van der Waals surface area contributed by atoms with Gasteiger partial charge in [-0.05, 0) is 47.9 Å². The Kier molecular flexibility index (Phi) is 6.58. The van der Waals surface area contributed by atoms with Gasteiger partial charge in [-0.2, -0.15) is 5.10 Å². The van der Waals surface area contributed by atoms with Crippen molar-refractivity contribution >= 4 is 28.8 Å². The van der Waals surface area contributed by atoms with Gasteiger partial charge in [0.2, 0.25) is 0 Å². The predicted molar refractivity (Wildman–Crippen MR) is 149 cm³/mol. The predicted octanol–water partition coefficient (Wildman–Crippen LogP) is 6.16. The van der Waals surface area contributed by atoms with Gasteiger partial charge in [-0.3, -0.25) is 10.1 Å². The minimum Gasteiger partial charge on any atom is -0.358 e. The molecule has 1 aliphatic rings. The van der Waals surface area contributed by atoms with Gasteiger partial charge in [-0.25, -0.2) is 4.98 Å². The highest BCUT2D eigenvalue weighted by atomic mass is 15.1. The Morgan fingerprint density at radius 3 is 2.86 bits per heavy atom. The lowest BCUT2D eigenvalue weighted by Gasteiger charge is -2.11. The highest BCUT2D eigenvalue weighted by molar-refractivity contribution is 5.95. The zero-order valence-electron chi connectivity index (χ0n) is 20.3. The fourth-order valence-electron chi connectivity index (χ4n) is 4.21. The third-order valence-corrected chi connectivity index (χ3v) is 5.97. The lowest BCUT2D eigenvalue weighted by molar-refractivity contribution is 0.955. The summed E-state index contributed by atoms with van der Waals surface area (Å²) >= 11 is 0. The number of hydrogen-bond donors (Lipinski definition) is 3. The average molecular weight is 473 g/mol. The fourth-order valence-corrected chi connectivity index (χ4v) is 4.21. The van der Waals surface area contributed by atoms with Gasteiger partial charge in [0.25, 0.3) is 0 Å². The number of aryl methyl sites for hydroxylation is 1. The number of imidazole rings is 1. The van der Waals surface area contributed by atoms with Crippen molar-refractivity contribution < 1.29 is 0 Å². The van der Waals surface area contributed by atoms with Gasteiger partial charge in [0, 0.05) is 29.4 Å². The Hall–Kier alpha value is -4.71. The van der Waals surface area contributed by atoms with E-state index in [4.69, 9.17) is 4.98 Å². The second-order valence-electron chi connectivity index (χ2n) is 8.67. The summed E-state index contributed by atoms with van der Waals surface area (Å²) in [5.74, 6) is 0.730. The van der Waals surface area contributed by atoms with E-state index in [0.29, 0.717) is 6.54 Å². The number of H-pyrrole nitrogens is 2. The maximum absolute atomic E-state index is 4.74. The van der Waals surface area contributed by atoms with Crippen LogP contribution >= 0.6 is 0 Å². The first-order chi connectivity index (χ1) is 17.6. The van der Waals surface area contributed by atoms with Crippen LogP contribution < -0.4 is 5.32 Å². The van der Waals surface area contributed by atoms with Crippen molar-refractivity contribution in [3.63, 3.8) is 0 Å². The van der Waals surface area contributed by atoms with Gasteiger partial charge in [0.1, 0.15) is 5.69 Å². The molecule has 5 rings (SSSR count). The van der Waals surface area contributed by atoms with Crippen LogP contribution in [0.25, 0.3) is 34.1 Å². The molecule has 3 N–H and O–H groups in total. The number of aliphatic imine (C=N–C) groups is 1. The first kappa shape index (κ1) is 23.1. The van der Waals surface area contributed by atoms with E-state index in [1.165, 1.54) is 5.56 Å². The molecule has 178 valence electrons. The van der Waals surface area contributed by atoms with Crippen molar-refractivity contribution in [3.8, 4) is 11.5 Å². The highest BCUT2D eigenvalue weighted by Gasteiger charge is 2.15. The Balaban J connectivity index is 1.42. The van der Waals surface area contributed by atoms with E-state index in [0.717, 1.165) is 62.8 Å². The van der Waals surface area contributed by atoms with Crippen LogP contribution in [0.15, 0.2) is 102 Å². The molecule has 0 amide bonds. The molecule has 0 atom stereocenters. The largest absolute Gasteiger partial charge is 0.358 e. The Labute approximate surface area is 210 Å². The summed E-state index contributed by atoms with van der Waals surface area (Å²) in [6.07, 6.45) is 12.4. The van der Waals surface area contributed by atoms with Crippen LogP contribution in [0.1, 0.15) is 22.5 Å². The number of aromatic amines is 2. The molecule has 0 radical (unpaired) electrons. The molecule has 0 unspecified atom stereocenters. The summed E-state index contributed by atoms with van der Waals surface area (Å²) in [7, 11) is 0. The summed E-state index contributed by atoms with van der Waals surface area (Å²) in [6, 6.07) is 16.6. The molecule has 1 aliphatic heterocycles. The highest BCUT2D eigenvalue weighted by Crippen LogP contribution is 2.29. The van der Waals surface area contributed by atoms with Crippen molar-refractivity contribution in [2.75, 3.05) is 6.54 Å². The van der Waals surface area contributed by atoms with Crippen LogP contribution in [0.5, 0.6) is 0 Å². The minimum absolute atomic E-state index is 0.606. The second kappa shape index (κ2) is 10.3. The smallest absolute Gasteiger partial charge is 0.159 e. The summed E-state index contributed by atoms with van der Waals surface area (Å²) in [6.45, 7) is 10.6. The summed E-state index contributed by atoms with van der Waals surface area (Å²) in [4.78, 5) is 12.6. The minimum atomic E-state index is 0.606. The summed E-state index contributed by atoms with van der Waals surface area (Å²) in [5, 5.41) is 12.1. The number of aromatic nitrogens is 4. The normalized spacial score (nSPS) is 13.5. The van der Waals surface area contributed by atoms with Gasteiger partial charge in [-0.1, -0.05) is 67.8 Å². The standard InChI is InChI=1S/C30H28N6/c1-4-5-11-27-21(3)33-30(34-27)29-26-18-23(12-13-28(26)35-36-29)24-14-15-31-19-25(17-24)32-20(2)16-22-9-7-6-8-10-22/h4-14,17-19,32H,1-2,15-16H2,3H3,(H,33,34)(H,35,36)/b11-5-. The van der Waals surface area contributed by atoms with Crippen LogP contribution in [-0.2, 0) is 6.42 Å². The number of benzene rings is 2. The number of allylic oxidation sites excluding steroid dienone is 6. The molecule has 0 saturated carbocycles. The SMILES string of the molecule is C=C/C=C\c1nc(-c2n[nH]c3ccc(C4=CCN=CC(NC(=C)Cc5ccccc5)=C4)cc23)[nH]c1C. The monoisotopic (exact) mass is 472 g/mol. The van der Waals surface area contributed by atoms with Gasteiger partial charge in [0.15, 0.2) is 5.82 Å². The Morgan fingerprint density at radius 1 is 1.17 bits per heavy atom. The molecule has 6 heteroatoms. The molecule has 0 saturated heterocycles. The molecular formula is C30H28N6. The quantitative estimate of drug-likeness (QED) is 0.269. The van der Waals surface area contributed by atoms with E-state index in [-0.39, 0.29) is 0 Å². The fraction of sp³-hybridized carbons (Fsp3) is 0.100. The molecule has 3 heterocycles. The number of nitrogens with zero attached hydrogens (tertiary/aromatic N) is 3. The topological polar surface area (TPSA) is 81.8 Å². The van der Waals surface area contributed by atoms with Crippen molar-refractivity contribution in [2.24, 2.45) is 4.99 Å². The van der Waals surface area contributed by atoms with Crippen molar-refractivity contribution in [2.45, 2.75) is 13.3 Å². The average Bonchev–Trinajstić information content (AvgIpc) is 3.38. The van der Waals surface area contributed by atoms with Crippen molar-refractivity contribution in [1.29, 1.82) is 0 Å². The number of rotatable bonds is 8. The molecule has 2 aromatic heterocycles. The van der Waals surface area contributed by atoms with Gasteiger partial charge in [-0.15, -0.1) is 0 Å². The zero-order chi connectivity index (χ0) is 24.9. The van der Waals surface area contributed by atoms with Crippen molar-refractivity contribution in [3.05, 3.63) is 120 Å². The van der Waals surface area contributed by atoms with Crippen LogP contribution in [-0.4, -0.2) is 32.9 Å². The molecular weight excluding hydrogens is 444 g/mol. The summed E-state index contributed by atoms with van der Waals surface area (Å²) < 4.78 is 0.